The van der Waals surface area contributed by atoms with Crippen molar-refractivity contribution in [1.29, 1.82) is 0 Å². The number of thioether (sulfide) groups is 1. The van der Waals surface area contributed by atoms with Crippen LogP contribution in [0, 0.1) is 11.8 Å². The molecule has 0 N–H and O–H groups in total. The van der Waals surface area contributed by atoms with Crippen LogP contribution in [0.1, 0.15) is 43.6 Å². The quantitative estimate of drug-likeness (QED) is 0.619. The Bertz CT molecular complexity index is 559. The Hall–Kier alpha value is -1.73. The topological polar surface area (TPSA) is 43.4 Å². The van der Waals surface area contributed by atoms with E-state index >= 15 is 0 Å². The zero-order valence-electron chi connectivity index (χ0n) is 12.1. The van der Waals surface area contributed by atoms with Gasteiger partial charge in [-0.2, -0.15) is 0 Å². The summed E-state index contributed by atoms with van der Waals surface area (Å²) in [7, 11) is 0. The fourth-order valence-corrected chi connectivity index (χ4v) is 1.72. The minimum atomic E-state index is -0.540. The van der Waals surface area contributed by atoms with Crippen LogP contribution in [0.4, 0.5) is 0 Å². The Labute approximate surface area is 124 Å². The van der Waals surface area contributed by atoms with E-state index in [1.807, 2.05) is 26.8 Å². The van der Waals surface area contributed by atoms with Crippen LogP contribution in [0.25, 0.3) is 0 Å². The molecule has 0 atom stereocenters. The smallest absolute Gasteiger partial charge is 0.339 e. The first-order chi connectivity index (χ1) is 9.29. The molecular weight excluding hydrogens is 272 g/mol. The Morgan fingerprint density at radius 3 is 2.50 bits per heavy atom. The Morgan fingerprint density at radius 2 is 1.90 bits per heavy atom. The molecule has 0 aliphatic heterocycles. The minimum absolute atomic E-state index is 0.0275. The summed E-state index contributed by atoms with van der Waals surface area (Å²) in [5.41, 5.74) is 0.524. The molecule has 0 aliphatic rings. The van der Waals surface area contributed by atoms with E-state index in [1.165, 1.54) is 6.92 Å². The van der Waals surface area contributed by atoms with E-state index in [4.69, 9.17) is 4.74 Å². The van der Waals surface area contributed by atoms with Gasteiger partial charge in [-0.3, -0.25) is 4.79 Å². The predicted octanol–water partition coefficient (Wildman–Crippen LogP) is 3.27. The van der Waals surface area contributed by atoms with Crippen molar-refractivity contribution in [1.82, 2.24) is 0 Å². The summed E-state index contributed by atoms with van der Waals surface area (Å²) in [6.07, 6.45) is 0. The van der Waals surface area contributed by atoms with Crippen LogP contribution in [-0.2, 0) is 9.53 Å². The monoisotopic (exact) mass is 290 g/mol. The van der Waals surface area contributed by atoms with Crippen molar-refractivity contribution < 1.29 is 14.3 Å². The second kappa shape index (κ2) is 7.16. The van der Waals surface area contributed by atoms with Gasteiger partial charge in [-0.1, -0.05) is 35.7 Å². The molecule has 106 valence electrons. The molecule has 1 rings (SSSR count). The number of hydrogen-bond acceptors (Lipinski definition) is 4. The number of hydrogen-bond donors (Lipinski definition) is 0. The van der Waals surface area contributed by atoms with Crippen molar-refractivity contribution in [3.05, 3.63) is 35.4 Å². The molecule has 1 aromatic carbocycles. The number of ether oxygens (including phenoxy) is 1. The molecule has 0 saturated carbocycles. The second-order valence-corrected chi connectivity index (χ2v) is 6.28. The maximum absolute atomic E-state index is 12.1. The fraction of sp³-hybridized carbons (Fsp3) is 0.375. The summed E-state index contributed by atoms with van der Waals surface area (Å²) in [6, 6.07) is 7.05. The summed E-state index contributed by atoms with van der Waals surface area (Å²) in [4.78, 5) is 22.9. The van der Waals surface area contributed by atoms with Gasteiger partial charge in [0.1, 0.15) is 5.60 Å². The Kier molecular flexibility index (Phi) is 5.84. The zero-order valence-corrected chi connectivity index (χ0v) is 13.0. The minimum Gasteiger partial charge on any atom is -0.456 e. The lowest BCUT2D eigenvalue weighted by atomic mass is 10.1. The van der Waals surface area contributed by atoms with Gasteiger partial charge in [-0.05, 0) is 32.9 Å². The Balaban J connectivity index is 2.88. The van der Waals surface area contributed by atoms with Crippen LogP contribution in [-0.4, -0.2) is 22.4 Å². The van der Waals surface area contributed by atoms with Gasteiger partial charge in [0.05, 0.1) is 11.3 Å². The average Bonchev–Trinajstić information content (AvgIpc) is 2.32. The average molecular weight is 290 g/mol. The maximum Gasteiger partial charge on any atom is 0.339 e. The molecule has 0 amide bonds. The highest BCUT2D eigenvalue weighted by atomic mass is 32.2. The summed E-state index contributed by atoms with van der Waals surface area (Å²) in [6.45, 7) is 6.97. The number of rotatable bonds is 2. The van der Waals surface area contributed by atoms with Crippen LogP contribution in [0.2, 0.25) is 0 Å². The van der Waals surface area contributed by atoms with E-state index in [0.717, 1.165) is 11.8 Å². The number of carbonyl (C=O) groups excluding carboxylic acids is 2. The van der Waals surface area contributed by atoms with Crippen molar-refractivity contribution in [3.63, 3.8) is 0 Å². The van der Waals surface area contributed by atoms with E-state index in [0.29, 0.717) is 16.9 Å². The first-order valence-corrected chi connectivity index (χ1v) is 7.23. The van der Waals surface area contributed by atoms with Crippen LogP contribution in [0.15, 0.2) is 24.3 Å². The lowest BCUT2D eigenvalue weighted by Crippen LogP contribution is -2.24. The number of carbonyl (C=O) groups is 2. The summed E-state index contributed by atoms with van der Waals surface area (Å²) in [5, 5.41) is 0.0275. The lowest BCUT2D eigenvalue weighted by Gasteiger charge is -2.19. The molecular formula is C16H18O3S. The molecule has 0 unspecified atom stereocenters. The molecule has 0 fully saturated rings. The van der Waals surface area contributed by atoms with Gasteiger partial charge < -0.3 is 4.74 Å². The molecule has 4 heteroatoms. The molecule has 0 bridgehead atoms. The highest BCUT2D eigenvalue weighted by Crippen LogP contribution is 2.15. The van der Waals surface area contributed by atoms with Crippen molar-refractivity contribution >= 4 is 22.8 Å². The van der Waals surface area contributed by atoms with E-state index in [-0.39, 0.29) is 11.1 Å². The van der Waals surface area contributed by atoms with Crippen LogP contribution < -0.4 is 0 Å². The fourth-order valence-electron chi connectivity index (χ4n) is 1.37. The van der Waals surface area contributed by atoms with Gasteiger partial charge >= 0.3 is 5.97 Å². The third-order valence-electron chi connectivity index (χ3n) is 2.12. The molecule has 1 aromatic rings. The molecule has 0 aliphatic carbocycles. The van der Waals surface area contributed by atoms with Gasteiger partial charge in [0.2, 0.25) is 0 Å². The summed E-state index contributed by atoms with van der Waals surface area (Å²) in [5.74, 6) is 5.81. The summed E-state index contributed by atoms with van der Waals surface area (Å²) >= 11 is 1.15. The van der Waals surface area contributed by atoms with Crippen molar-refractivity contribution in [3.8, 4) is 11.8 Å². The van der Waals surface area contributed by atoms with Crippen LogP contribution in [0.3, 0.4) is 0 Å². The van der Waals surface area contributed by atoms with Gasteiger partial charge in [-0.15, -0.1) is 0 Å². The molecule has 0 radical (unpaired) electrons. The predicted molar refractivity (Wildman–Crippen MR) is 81.6 cm³/mol. The number of benzene rings is 1. The normalized spacial score (nSPS) is 10.4. The van der Waals surface area contributed by atoms with Gasteiger partial charge in [-0.25, -0.2) is 4.79 Å². The van der Waals surface area contributed by atoms with Crippen molar-refractivity contribution in [2.24, 2.45) is 0 Å². The highest BCUT2D eigenvalue weighted by molar-refractivity contribution is 8.13. The second-order valence-electron chi connectivity index (χ2n) is 5.13. The Morgan fingerprint density at radius 1 is 1.25 bits per heavy atom. The zero-order chi connectivity index (χ0) is 15.2. The molecule has 20 heavy (non-hydrogen) atoms. The van der Waals surface area contributed by atoms with Gasteiger partial charge in [0.15, 0.2) is 5.12 Å². The molecule has 3 nitrogen and oxygen atoms in total. The lowest BCUT2D eigenvalue weighted by molar-refractivity contribution is -0.109. The highest BCUT2D eigenvalue weighted by Gasteiger charge is 2.19. The first-order valence-electron chi connectivity index (χ1n) is 6.24. The van der Waals surface area contributed by atoms with Gasteiger partial charge in [0.25, 0.3) is 0 Å². The molecule has 0 heterocycles. The molecule has 0 saturated heterocycles. The van der Waals surface area contributed by atoms with E-state index in [1.54, 1.807) is 18.2 Å². The van der Waals surface area contributed by atoms with Crippen molar-refractivity contribution in [2.75, 3.05) is 5.75 Å². The molecule has 0 aromatic heterocycles. The standard InChI is InChI=1S/C16H18O3S/c1-12(17)20-11-7-9-13-8-5-6-10-14(13)15(18)19-16(2,3)4/h5-6,8,10H,11H2,1-4H3. The van der Waals surface area contributed by atoms with E-state index in [9.17, 15) is 9.59 Å². The first kappa shape index (κ1) is 16.3. The van der Waals surface area contributed by atoms with Crippen molar-refractivity contribution in [2.45, 2.75) is 33.3 Å². The third-order valence-corrected chi connectivity index (χ3v) is 2.81. The van der Waals surface area contributed by atoms with E-state index < -0.39 is 5.60 Å². The SMILES string of the molecule is CC(=O)SCC#Cc1ccccc1C(=O)OC(C)(C)C. The number of esters is 1. The van der Waals surface area contributed by atoms with Crippen LogP contribution >= 0.6 is 11.8 Å². The maximum atomic E-state index is 12.1. The summed E-state index contributed by atoms with van der Waals surface area (Å²) < 4.78 is 5.34. The van der Waals surface area contributed by atoms with E-state index in [2.05, 4.69) is 11.8 Å². The van der Waals surface area contributed by atoms with Crippen LogP contribution in [0.5, 0.6) is 0 Å². The molecule has 0 spiro atoms. The third kappa shape index (κ3) is 5.94. The largest absolute Gasteiger partial charge is 0.456 e. The van der Waals surface area contributed by atoms with Gasteiger partial charge in [0, 0.05) is 12.5 Å².